The summed E-state index contributed by atoms with van der Waals surface area (Å²) in [5.41, 5.74) is 1.82. The van der Waals surface area contributed by atoms with Gasteiger partial charge >= 0.3 is 0 Å². The first-order valence-corrected chi connectivity index (χ1v) is 8.57. The summed E-state index contributed by atoms with van der Waals surface area (Å²) in [4.78, 5) is 34.4. The highest BCUT2D eigenvalue weighted by molar-refractivity contribution is 5.99. The average Bonchev–Trinajstić information content (AvgIpc) is 3.23. The predicted octanol–water partition coefficient (Wildman–Crippen LogP) is 2.53. The number of nitrogens with zero attached hydrogens (tertiary/aromatic N) is 2. The van der Waals surface area contributed by atoms with Crippen molar-refractivity contribution in [2.75, 3.05) is 13.1 Å². The first-order valence-electron chi connectivity index (χ1n) is 8.57. The molecule has 136 valence electrons. The second kappa shape index (κ2) is 7.03. The Morgan fingerprint density at radius 3 is 2.74 bits per heavy atom. The summed E-state index contributed by atoms with van der Waals surface area (Å²) in [5, 5.41) is 2.77. The number of hydrogen-bond donors (Lipinski definition) is 2. The highest BCUT2D eigenvalue weighted by atomic mass is 19.1. The van der Waals surface area contributed by atoms with E-state index in [2.05, 4.69) is 15.3 Å². The van der Waals surface area contributed by atoms with Crippen LogP contribution in [0.4, 0.5) is 4.39 Å². The van der Waals surface area contributed by atoms with E-state index in [1.165, 1.54) is 29.2 Å². The molecule has 1 atom stereocenters. The van der Waals surface area contributed by atoms with Crippen molar-refractivity contribution in [3.05, 3.63) is 77.9 Å². The van der Waals surface area contributed by atoms with E-state index in [-0.39, 0.29) is 17.6 Å². The van der Waals surface area contributed by atoms with E-state index in [1.807, 2.05) is 6.07 Å². The quantitative estimate of drug-likeness (QED) is 0.750. The summed E-state index contributed by atoms with van der Waals surface area (Å²) in [6.07, 6.45) is 3.35. The summed E-state index contributed by atoms with van der Waals surface area (Å²) in [5.74, 6) is -0.258. The first kappa shape index (κ1) is 17.0. The summed E-state index contributed by atoms with van der Waals surface area (Å²) < 4.78 is 13.3. The lowest BCUT2D eigenvalue weighted by Gasteiger charge is -2.35. The Hall–Kier alpha value is -3.48. The number of amides is 2. The van der Waals surface area contributed by atoms with Crippen molar-refractivity contribution in [2.45, 2.75) is 6.04 Å². The van der Waals surface area contributed by atoms with Crippen LogP contribution in [0.5, 0.6) is 0 Å². The molecule has 0 unspecified atom stereocenters. The van der Waals surface area contributed by atoms with Gasteiger partial charge in [0.05, 0.1) is 0 Å². The number of rotatable bonds is 3. The fourth-order valence-corrected chi connectivity index (χ4v) is 3.25. The Morgan fingerprint density at radius 2 is 2.00 bits per heavy atom. The summed E-state index contributed by atoms with van der Waals surface area (Å²) >= 11 is 0. The summed E-state index contributed by atoms with van der Waals surface area (Å²) in [6, 6.07) is 11.9. The first-order chi connectivity index (χ1) is 13.1. The summed E-state index contributed by atoms with van der Waals surface area (Å²) in [6.45, 7) is 0.748. The van der Waals surface area contributed by atoms with E-state index in [0.717, 1.165) is 5.56 Å². The zero-order valence-electron chi connectivity index (χ0n) is 14.4. The topological polar surface area (TPSA) is 78.1 Å². The Kier molecular flexibility index (Phi) is 4.42. The summed E-state index contributed by atoms with van der Waals surface area (Å²) in [7, 11) is 0. The largest absolute Gasteiger partial charge is 0.352 e. The minimum Gasteiger partial charge on any atom is -0.352 e. The molecule has 3 aromatic rings. The highest BCUT2D eigenvalue weighted by Crippen LogP contribution is 2.26. The minimum absolute atomic E-state index is 0.257. The third kappa shape index (κ3) is 3.31. The lowest BCUT2D eigenvalue weighted by Crippen LogP contribution is -2.52. The van der Waals surface area contributed by atoms with Gasteiger partial charge in [-0.3, -0.25) is 9.59 Å². The Labute approximate surface area is 155 Å². The van der Waals surface area contributed by atoms with E-state index in [0.29, 0.717) is 30.0 Å². The van der Waals surface area contributed by atoms with Gasteiger partial charge in [-0.1, -0.05) is 24.3 Å². The third-order valence-corrected chi connectivity index (χ3v) is 4.54. The number of halogens is 1. The van der Waals surface area contributed by atoms with E-state index < -0.39 is 6.04 Å². The fraction of sp³-hybridized carbons (Fsp3) is 0.150. The molecule has 1 aromatic heterocycles. The average molecular weight is 364 g/mol. The van der Waals surface area contributed by atoms with Crippen LogP contribution in [0.2, 0.25) is 0 Å². The monoisotopic (exact) mass is 364 g/mol. The van der Waals surface area contributed by atoms with E-state index >= 15 is 0 Å². The van der Waals surface area contributed by atoms with Gasteiger partial charge in [0.25, 0.3) is 5.91 Å². The number of benzene rings is 2. The lowest BCUT2D eigenvalue weighted by atomic mass is 10.0. The second-order valence-corrected chi connectivity index (χ2v) is 6.26. The van der Waals surface area contributed by atoms with Crippen LogP contribution in [0.3, 0.4) is 0 Å². The Morgan fingerprint density at radius 1 is 1.19 bits per heavy atom. The molecule has 4 rings (SSSR count). The SMILES string of the molecule is O=C1NCCN(C(=O)c2cccc(-c3ncc[nH]3)c2)[C@@H]1c1ccc(F)cc1. The molecule has 1 aliphatic rings. The van der Waals surface area contributed by atoms with Gasteiger partial charge in [0.2, 0.25) is 5.91 Å². The normalized spacial score (nSPS) is 16.9. The lowest BCUT2D eigenvalue weighted by molar-refractivity contribution is -0.128. The van der Waals surface area contributed by atoms with Gasteiger partial charge in [0.1, 0.15) is 17.7 Å². The molecule has 2 amide bonds. The van der Waals surface area contributed by atoms with Crippen LogP contribution in [0.1, 0.15) is 22.0 Å². The van der Waals surface area contributed by atoms with Gasteiger partial charge in [-0.25, -0.2) is 9.37 Å². The molecule has 0 radical (unpaired) electrons. The molecule has 7 heteroatoms. The molecule has 0 aliphatic carbocycles. The fourth-order valence-electron chi connectivity index (χ4n) is 3.25. The molecular formula is C20H17FN4O2. The van der Waals surface area contributed by atoms with Gasteiger partial charge < -0.3 is 15.2 Å². The van der Waals surface area contributed by atoms with Crippen LogP contribution in [-0.2, 0) is 4.79 Å². The number of aromatic nitrogens is 2. The maximum Gasteiger partial charge on any atom is 0.254 e. The van der Waals surface area contributed by atoms with Crippen LogP contribution < -0.4 is 5.32 Å². The Bertz CT molecular complexity index is 970. The molecule has 0 bridgehead atoms. The van der Waals surface area contributed by atoms with E-state index in [4.69, 9.17) is 0 Å². The van der Waals surface area contributed by atoms with E-state index in [9.17, 15) is 14.0 Å². The number of piperazine rings is 1. The molecule has 2 N–H and O–H groups in total. The molecular weight excluding hydrogens is 347 g/mol. The minimum atomic E-state index is -0.792. The zero-order valence-corrected chi connectivity index (χ0v) is 14.4. The van der Waals surface area contributed by atoms with Crippen LogP contribution in [0.15, 0.2) is 60.9 Å². The van der Waals surface area contributed by atoms with Gasteiger partial charge in [-0.15, -0.1) is 0 Å². The maximum absolute atomic E-state index is 13.3. The number of H-pyrrole nitrogens is 1. The number of carbonyl (C=O) groups is 2. The van der Waals surface area contributed by atoms with Crippen molar-refractivity contribution in [1.82, 2.24) is 20.2 Å². The molecule has 27 heavy (non-hydrogen) atoms. The molecule has 1 aliphatic heterocycles. The van der Waals surface area contributed by atoms with Crippen molar-refractivity contribution < 1.29 is 14.0 Å². The van der Waals surface area contributed by atoms with Crippen LogP contribution in [0, 0.1) is 5.82 Å². The van der Waals surface area contributed by atoms with Crippen molar-refractivity contribution >= 4 is 11.8 Å². The van der Waals surface area contributed by atoms with Crippen molar-refractivity contribution in [2.24, 2.45) is 0 Å². The second-order valence-electron chi connectivity index (χ2n) is 6.26. The molecule has 1 saturated heterocycles. The zero-order chi connectivity index (χ0) is 18.8. The molecule has 6 nitrogen and oxygen atoms in total. The number of imidazole rings is 1. The van der Waals surface area contributed by atoms with Crippen molar-refractivity contribution in [3.63, 3.8) is 0 Å². The number of aromatic amines is 1. The standard InChI is InChI=1S/C20H17FN4O2/c21-16-6-4-13(5-7-16)17-19(26)24-10-11-25(17)20(27)15-3-1-2-14(12-15)18-22-8-9-23-18/h1-9,12,17H,10-11H2,(H,22,23)(H,24,26)/t17-/m1/s1. The van der Waals surface area contributed by atoms with Gasteiger partial charge in [-0.05, 0) is 29.8 Å². The van der Waals surface area contributed by atoms with Crippen LogP contribution in [-0.4, -0.2) is 39.8 Å². The van der Waals surface area contributed by atoms with Crippen LogP contribution >= 0.6 is 0 Å². The molecule has 2 heterocycles. The number of carbonyl (C=O) groups excluding carboxylic acids is 2. The van der Waals surface area contributed by atoms with Crippen LogP contribution in [0.25, 0.3) is 11.4 Å². The van der Waals surface area contributed by atoms with Gasteiger partial charge in [0, 0.05) is 36.6 Å². The molecule has 1 fully saturated rings. The van der Waals surface area contributed by atoms with Crippen molar-refractivity contribution in [1.29, 1.82) is 0 Å². The number of hydrogen-bond acceptors (Lipinski definition) is 3. The smallest absolute Gasteiger partial charge is 0.254 e. The Balaban J connectivity index is 1.67. The predicted molar refractivity (Wildman–Crippen MR) is 97.2 cm³/mol. The molecule has 0 saturated carbocycles. The van der Waals surface area contributed by atoms with Gasteiger partial charge in [-0.2, -0.15) is 0 Å². The van der Waals surface area contributed by atoms with Gasteiger partial charge in [0.15, 0.2) is 0 Å². The third-order valence-electron chi connectivity index (χ3n) is 4.54. The van der Waals surface area contributed by atoms with Crippen molar-refractivity contribution in [3.8, 4) is 11.4 Å². The highest BCUT2D eigenvalue weighted by Gasteiger charge is 2.34. The molecule has 0 spiro atoms. The van der Waals surface area contributed by atoms with E-state index in [1.54, 1.807) is 30.6 Å². The maximum atomic E-state index is 13.3. The molecule has 2 aromatic carbocycles. The number of nitrogens with one attached hydrogen (secondary N) is 2.